The number of rotatable bonds is 0. The van der Waals surface area contributed by atoms with Gasteiger partial charge in [-0.05, 0) is 19.3 Å². The molecule has 4 nitrogen and oxygen atoms in total. The van der Waals surface area contributed by atoms with Crippen molar-refractivity contribution >= 4 is 0 Å². The van der Waals surface area contributed by atoms with E-state index in [9.17, 15) is 5.11 Å². The molecule has 1 N–H and O–H groups in total. The molecular formula is C10H14O4. The molecule has 0 amide bonds. The highest BCUT2D eigenvalue weighted by molar-refractivity contribution is 5.06. The Bertz CT molecular complexity index is 255. The Morgan fingerprint density at radius 3 is 2.57 bits per heavy atom. The lowest BCUT2D eigenvalue weighted by Crippen LogP contribution is -2.22. The third-order valence-corrected chi connectivity index (χ3v) is 4.47. The molecule has 0 spiro atoms. The molecule has 0 aromatic carbocycles. The van der Waals surface area contributed by atoms with Gasteiger partial charge in [-0.25, -0.2) is 0 Å². The van der Waals surface area contributed by atoms with E-state index in [1.54, 1.807) is 0 Å². The van der Waals surface area contributed by atoms with Gasteiger partial charge >= 0.3 is 0 Å². The third kappa shape index (κ3) is 0.724. The molecule has 3 heterocycles. The van der Waals surface area contributed by atoms with E-state index in [2.05, 4.69) is 6.92 Å². The van der Waals surface area contributed by atoms with Gasteiger partial charge in [-0.2, -0.15) is 0 Å². The van der Waals surface area contributed by atoms with E-state index < -0.39 is 6.29 Å². The van der Waals surface area contributed by atoms with Gasteiger partial charge in [0.2, 0.25) is 0 Å². The molecular weight excluding hydrogens is 184 g/mol. The van der Waals surface area contributed by atoms with E-state index in [1.807, 2.05) is 0 Å². The van der Waals surface area contributed by atoms with Crippen LogP contribution in [0.5, 0.6) is 0 Å². The lowest BCUT2D eigenvalue weighted by atomic mass is 9.89. The van der Waals surface area contributed by atoms with Crippen LogP contribution in [0.25, 0.3) is 0 Å². The maximum atomic E-state index is 9.69. The molecule has 4 aliphatic rings. The molecule has 4 heteroatoms. The van der Waals surface area contributed by atoms with Gasteiger partial charge in [-0.1, -0.05) is 0 Å². The summed E-state index contributed by atoms with van der Waals surface area (Å²) in [7, 11) is 0. The Balaban J connectivity index is 1.76. The van der Waals surface area contributed by atoms with Gasteiger partial charge < -0.3 is 19.3 Å². The zero-order valence-electron chi connectivity index (χ0n) is 8.00. The van der Waals surface area contributed by atoms with Crippen molar-refractivity contribution in [1.82, 2.24) is 0 Å². The monoisotopic (exact) mass is 198 g/mol. The topological polar surface area (TPSA) is 47.9 Å². The summed E-state index contributed by atoms with van der Waals surface area (Å²) in [6, 6.07) is 0. The Hall–Kier alpha value is -0.160. The first-order valence-corrected chi connectivity index (χ1v) is 5.40. The molecule has 0 aromatic rings. The maximum absolute atomic E-state index is 9.69. The Kier molecular flexibility index (Phi) is 1.33. The van der Waals surface area contributed by atoms with E-state index in [1.165, 1.54) is 0 Å². The van der Waals surface area contributed by atoms with Gasteiger partial charge in [-0.3, -0.25) is 0 Å². The summed E-state index contributed by atoms with van der Waals surface area (Å²) < 4.78 is 16.7. The van der Waals surface area contributed by atoms with Crippen LogP contribution < -0.4 is 0 Å². The normalized spacial score (nSPS) is 69.0. The standard InChI is InChI=1S/C10H14O4/c1-3-4-2-5-7-6(4)9(12-3)14-10(7)13-8(5)11/h3-11H,2H2,1H3/t3-,4?,5?,6?,7?,8-,9+,10-/m1/s1. The van der Waals surface area contributed by atoms with Crippen molar-refractivity contribution in [3.8, 4) is 0 Å². The molecule has 4 unspecified atom stereocenters. The summed E-state index contributed by atoms with van der Waals surface area (Å²) in [4.78, 5) is 0. The second-order valence-electron chi connectivity index (χ2n) is 4.96. The first kappa shape index (κ1) is 8.05. The van der Waals surface area contributed by atoms with Crippen molar-refractivity contribution in [1.29, 1.82) is 0 Å². The largest absolute Gasteiger partial charge is 0.368 e. The van der Waals surface area contributed by atoms with Crippen LogP contribution in [-0.2, 0) is 14.2 Å². The van der Waals surface area contributed by atoms with Crippen molar-refractivity contribution in [2.45, 2.75) is 38.3 Å². The van der Waals surface area contributed by atoms with Crippen molar-refractivity contribution < 1.29 is 19.3 Å². The van der Waals surface area contributed by atoms with Crippen molar-refractivity contribution in [2.75, 3.05) is 0 Å². The summed E-state index contributed by atoms with van der Waals surface area (Å²) >= 11 is 0. The fourth-order valence-corrected chi connectivity index (χ4v) is 3.89. The number of hydrogen-bond acceptors (Lipinski definition) is 4. The van der Waals surface area contributed by atoms with Crippen LogP contribution in [0.15, 0.2) is 0 Å². The fraction of sp³-hybridized carbons (Fsp3) is 1.00. The van der Waals surface area contributed by atoms with Gasteiger partial charge in [0.05, 0.1) is 6.10 Å². The minimum atomic E-state index is -0.608. The molecule has 4 fully saturated rings. The quantitative estimate of drug-likeness (QED) is 0.608. The summed E-state index contributed by atoms with van der Waals surface area (Å²) in [6.07, 6.45) is 0.436. The Morgan fingerprint density at radius 2 is 1.71 bits per heavy atom. The average Bonchev–Trinajstić information content (AvgIpc) is 2.75. The highest BCUT2D eigenvalue weighted by atomic mass is 16.8. The van der Waals surface area contributed by atoms with E-state index in [4.69, 9.17) is 14.2 Å². The predicted octanol–water partition coefficient (Wildman–Crippen LogP) is 0.305. The number of ether oxygens (including phenoxy) is 3. The second-order valence-corrected chi connectivity index (χ2v) is 4.96. The lowest BCUT2D eigenvalue weighted by Gasteiger charge is -2.17. The summed E-state index contributed by atoms with van der Waals surface area (Å²) in [5.74, 6) is 1.70. The van der Waals surface area contributed by atoms with Crippen LogP contribution in [0.4, 0.5) is 0 Å². The van der Waals surface area contributed by atoms with Crippen LogP contribution in [0, 0.1) is 23.7 Å². The lowest BCUT2D eigenvalue weighted by molar-refractivity contribution is -0.240. The van der Waals surface area contributed by atoms with E-state index in [0.29, 0.717) is 17.8 Å². The highest BCUT2D eigenvalue weighted by Crippen LogP contribution is 2.61. The average molecular weight is 198 g/mol. The zero-order valence-corrected chi connectivity index (χ0v) is 8.00. The molecule has 3 saturated heterocycles. The molecule has 0 radical (unpaired) electrons. The summed E-state index contributed by atoms with van der Waals surface area (Å²) in [5, 5.41) is 9.69. The van der Waals surface area contributed by atoms with Gasteiger partial charge in [0.1, 0.15) is 0 Å². The second kappa shape index (κ2) is 2.32. The number of aliphatic hydroxyl groups is 1. The summed E-state index contributed by atoms with van der Waals surface area (Å²) in [6.45, 7) is 2.11. The van der Waals surface area contributed by atoms with Gasteiger partial charge in [0, 0.05) is 17.8 Å². The zero-order chi connectivity index (χ0) is 9.45. The Morgan fingerprint density at radius 1 is 1.00 bits per heavy atom. The minimum absolute atomic E-state index is 0.0671. The first-order valence-electron chi connectivity index (χ1n) is 5.40. The van der Waals surface area contributed by atoms with Crippen molar-refractivity contribution in [3.05, 3.63) is 0 Å². The van der Waals surface area contributed by atoms with Crippen molar-refractivity contribution in [2.24, 2.45) is 23.7 Å². The predicted molar refractivity (Wildman–Crippen MR) is 44.9 cm³/mol. The van der Waals surface area contributed by atoms with E-state index >= 15 is 0 Å². The van der Waals surface area contributed by atoms with Crippen LogP contribution >= 0.6 is 0 Å². The Labute approximate surface area is 82.1 Å². The summed E-state index contributed by atoms with van der Waals surface area (Å²) in [5.41, 5.74) is 0. The molecule has 0 aromatic heterocycles. The highest BCUT2D eigenvalue weighted by Gasteiger charge is 2.67. The van der Waals surface area contributed by atoms with E-state index in [-0.39, 0.29) is 24.6 Å². The smallest absolute Gasteiger partial charge is 0.167 e. The molecule has 1 saturated carbocycles. The molecule has 14 heavy (non-hydrogen) atoms. The fourth-order valence-electron chi connectivity index (χ4n) is 3.89. The SMILES string of the molecule is C[C@H]1O[C@H]2O[C@H]3O[C@@H](O)C4CC1C2C43. The van der Waals surface area contributed by atoms with Crippen LogP contribution in [0.2, 0.25) is 0 Å². The van der Waals surface area contributed by atoms with Gasteiger partial charge in [0.15, 0.2) is 18.9 Å². The molecule has 1 aliphatic carbocycles. The third-order valence-electron chi connectivity index (χ3n) is 4.47. The first-order chi connectivity index (χ1) is 6.75. The van der Waals surface area contributed by atoms with Crippen LogP contribution in [-0.4, -0.2) is 30.1 Å². The number of hydrogen-bond donors (Lipinski definition) is 1. The molecule has 3 aliphatic heterocycles. The maximum Gasteiger partial charge on any atom is 0.167 e. The minimum Gasteiger partial charge on any atom is -0.368 e. The molecule has 8 atom stereocenters. The molecule has 4 rings (SSSR count). The molecule has 0 bridgehead atoms. The van der Waals surface area contributed by atoms with Crippen LogP contribution in [0.1, 0.15) is 13.3 Å². The van der Waals surface area contributed by atoms with Crippen LogP contribution in [0.3, 0.4) is 0 Å². The van der Waals surface area contributed by atoms with Gasteiger partial charge in [0.25, 0.3) is 0 Å². The number of aliphatic hydroxyl groups excluding tert-OH is 1. The molecule has 78 valence electrons. The van der Waals surface area contributed by atoms with Crippen molar-refractivity contribution in [3.63, 3.8) is 0 Å². The van der Waals surface area contributed by atoms with Gasteiger partial charge in [-0.15, -0.1) is 0 Å². The van der Waals surface area contributed by atoms with E-state index in [0.717, 1.165) is 6.42 Å².